The summed E-state index contributed by atoms with van der Waals surface area (Å²) in [5.74, 6) is 0.701. The number of rotatable bonds is 8. The zero-order valence-corrected chi connectivity index (χ0v) is 11.0. The van der Waals surface area contributed by atoms with Crippen molar-refractivity contribution in [2.75, 3.05) is 13.2 Å². The van der Waals surface area contributed by atoms with Crippen LogP contribution in [0.15, 0.2) is 0 Å². The van der Waals surface area contributed by atoms with Gasteiger partial charge >= 0.3 is 5.97 Å². The van der Waals surface area contributed by atoms with Crippen LogP contribution in [0.3, 0.4) is 0 Å². The highest BCUT2D eigenvalue weighted by atomic mass is 16.5. The third-order valence-electron chi connectivity index (χ3n) is 3.35. The Morgan fingerprint density at radius 3 is 2.31 bits per heavy atom. The molecule has 16 heavy (non-hydrogen) atoms. The van der Waals surface area contributed by atoms with Gasteiger partial charge in [-0.15, -0.1) is 0 Å². The molecule has 3 nitrogen and oxygen atoms in total. The Morgan fingerprint density at radius 1 is 1.25 bits per heavy atom. The van der Waals surface area contributed by atoms with E-state index in [1.54, 1.807) is 0 Å². The number of hydrogen-bond acceptors (Lipinski definition) is 3. The minimum atomic E-state index is -0.142. The third kappa shape index (κ3) is 6.11. The summed E-state index contributed by atoms with van der Waals surface area (Å²) in [5.41, 5.74) is 0. The summed E-state index contributed by atoms with van der Waals surface area (Å²) in [6, 6.07) is 0. The SMILES string of the molecule is CC[C@H](C)CC(=O)OC[C@@H](CO)[C@@H](C)CC. The molecule has 0 bridgehead atoms. The number of aliphatic hydroxyl groups is 1. The Morgan fingerprint density at radius 2 is 1.88 bits per heavy atom. The number of carbonyl (C=O) groups is 1. The topological polar surface area (TPSA) is 46.5 Å². The monoisotopic (exact) mass is 230 g/mol. The third-order valence-corrected chi connectivity index (χ3v) is 3.35. The van der Waals surface area contributed by atoms with Crippen molar-refractivity contribution in [1.82, 2.24) is 0 Å². The molecule has 0 amide bonds. The second kappa shape index (κ2) is 8.57. The predicted octanol–water partition coefficient (Wildman–Crippen LogP) is 2.62. The molecule has 0 rings (SSSR count). The molecule has 3 heteroatoms. The molecule has 1 N–H and O–H groups in total. The quantitative estimate of drug-likeness (QED) is 0.652. The maximum absolute atomic E-state index is 11.4. The van der Waals surface area contributed by atoms with E-state index in [1.165, 1.54) is 0 Å². The maximum atomic E-state index is 11.4. The van der Waals surface area contributed by atoms with E-state index in [0.29, 0.717) is 24.9 Å². The van der Waals surface area contributed by atoms with Gasteiger partial charge in [-0.05, 0) is 11.8 Å². The van der Waals surface area contributed by atoms with Gasteiger partial charge in [0.2, 0.25) is 0 Å². The van der Waals surface area contributed by atoms with Gasteiger partial charge in [0.15, 0.2) is 0 Å². The first-order chi connectivity index (χ1) is 7.54. The molecule has 0 spiro atoms. The average molecular weight is 230 g/mol. The van der Waals surface area contributed by atoms with Crippen molar-refractivity contribution >= 4 is 5.97 Å². The molecule has 0 aromatic carbocycles. The van der Waals surface area contributed by atoms with E-state index >= 15 is 0 Å². The zero-order chi connectivity index (χ0) is 12.6. The number of carbonyl (C=O) groups excluding carboxylic acids is 1. The van der Waals surface area contributed by atoms with Crippen LogP contribution in [-0.2, 0) is 9.53 Å². The summed E-state index contributed by atoms with van der Waals surface area (Å²) in [6.07, 6.45) is 2.47. The van der Waals surface area contributed by atoms with E-state index in [0.717, 1.165) is 12.8 Å². The second-order valence-electron chi connectivity index (χ2n) is 4.73. The van der Waals surface area contributed by atoms with E-state index in [9.17, 15) is 9.90 Å². The lowest BCUT2D eigenvalue weighted by molar-refractivity contribution is -0.147. The maximum Gasteiger partial charge on any atom is 0.306 e. The molecule has 0 unspecified atom stereocenters. The van der Waals surface area contributed by atoms with Crippen molar-refractivity contribution in [2.45, 2.75) is 47.0 Å². The Hall–Kier alpha value is -0.570. The second-order valence-corrected chi connectivity index (χ2v) is 4.73. The number of aliphatic hydroxyl groups excluding tert-OH is 1. The molecule has 0 radical (unpaired) electrons. The molecule has 0 aliphatic carbocycles. The number of esters is 1. The van der Waals surface area contributed by atoms with Crippen LogP contribution in [0.1, 0.15) is 47.0 Å². The molecule has 0 saturated heterocycles. The van der Waals surface area contributed by atoms with Crippen molar-refractivity contribution in [2.24, 2.45) is 17.8 Å². The molecule has 0 aliphatic rings. The molecular weight excluding hydrogens is 204 g/mol. The van der Waals surface area contributed by atoms with Gasteiger partial charge in [0.05, 0.1) is 6.61 Å². The van der Waals surface area contributed by atoms with Crippen LogP contribution in [0.4, 0.5) is 0 Å². The van der Waals surface area contributed by atoms with Crippen molar-refractivity contribution in [3.05, 3.63) is 0 Å². The molecule has 0 heterocycles. The normalized spacial score (nSPS) is 16.6. The first kappa shape index (κ1) is 15.4. The molecular formula is C13H26O3. The van der Waals surface area contributed by atoms with Crippen LogP contribution in [0, 0.1) is 17.8 Å². The van der Waals surface area contributed by atoms with Gasteiger partial charge in [-0.3, -0.25) is 4.79 Å². The van der Waals surface area contributed by atoms with Crippen molar-refractivity contribution in [3.63, 3.8) is 0 Å². The fraction of sp³-hybridized carbons (Fsp3) is 0.923. The number of ether oxygens (including phenoxy) is 1. The van der Waals surface area contributed by atoms with Gasteiger partial charge in [-0.25, -0.2) is 0 Å². The standard InChI is InChI=1S/C13H26O3/c1-5-10(3)7-13(15)16-9-12(8-14)11(4)6-2/h10-12,14H,5-9H2,1-4H3/t10-,11-,12+/m0/s1. The fourth-order valence-corrected chi connectivity index (χ4v) is 1.42. The predicted molar refractivity (Wildman–Crippen MR) is 65.1 cm³/mol. The van der Waals surface area contributed by atoms with Crippen LogP contribution in [0.2, 0.25) is 0 Å². The molecule has 96 valence electrons. The van der Waals surface area contributed by atoms with E-state index in [1.807, 2.05) is 6.92 Å². The van der Waals surface area contributed by atoms with Crippen molar-refractivity contribution in [3.8, 4) is 0 Å². The zero-order valence-electron chi connectivity index (χ0n) is 11.0. The van der Waals surface area contributed by atoms with Crippen LogP contribution in [0.25, 0.3) is 0 Å². The first-order valence-electron chi connectivity index (χ1n) is 6.31. The summed E-state index contributed by atoms with van der Waals surface area (Å²) in [5, 5.41) is 9.18. The molecule has 0 saturated carbocycles. The van der Waals surface area contributed by atoms with Gasteiger partial charge in [0.25, 0.3) is 0 Å². The highest BCUT2D eigenvalue weighted by Crippen LogP contribution is 2.16. The number of hydrogen-bond donors (Lipinski definition) is 1. The molecule has 0 aromatic rings. The first-order valence-corrected chi connectivity index (χ1v) is 6.31. The van der Waals surface area contributed by atoms with Crippen LogP contribution >= 0.6 is 0 Å². The lowest BCUT2D eigenvalue weighted by atomic mass is 9.93. The minimum absolute atomic E-state index is 0.0749. The summed E-state index contributed by atoms with van der Waals surface area (Å²) in [6.45, 7) is 8.69. The minimum Gasteiger partial charge on any atom is -0.465 e. The highest BCUT2D eigenvalue weighted by molar-refractivity contribution is 5.69. The molecule has 0 aliphatic heterocycles. The van der Waals surface area contributed by atoms with E-state index in [4.69, 9.17) is 4.74 Å². The average Bonchev–Trinajstić information content (AvgIpc) is 2.29. The van der Waals surface area contributed by atoms with E-state index in [-0.39, 0.29) is 18.5 Å². The van der Waals surface area contributed by atoms with E-state index in [2.05, 4.69) is 20.8 Å². The van der Waals surface area contributed by atoms with Crippen LogP contribution in [-0.4, -0.2) is 24.3 Å². The molecule has 3 atom stereocenters. The summed E-state index contributed by atoms with van der Waals surface area (Å²) in [7, 11) is 0. The highest BCUT2D eigenvalue weighted by Gasteiger charge is 2.17. The smallest absolute Gasteiger partial charge is 0.306 e. The van der Waals surface area contributed by atoms with Crippen LogP contribution in [0.5, 0.6) is 0 Å². The summed E-state index contributed by atoms with van der Waals surface area (Å²) in [4.78, 5) is 11.4. The van der Waals surface area contributed by atoms with Crippen molar-refractivity contribution < 1.29 is 14.6 Å². The van der Waals surface area contributed by atoms with Gasteiger partial charge in [0, 0.05) is 18.9 Å². The molecule has 0 fully saturated rings. The van der Waals surface area contributed by atoms with Gasteiger partial charge < -0.3 is 9.84 Å². The van der Waals surface area contributed by atoms with E-state index < -0.39 is 0 Å². The van der Waals surface area contributed by atoms with Crippen LogP contribution < -0.4 is 0 Å². The van der Waals surface area contributed by atoms with Gasteiger partial charge in [0.1, 0.15) is 0 Å². The van der Waals surface area contributed by atoms with Crippen molar-refractivity contribution in [1.29, 1.82) is 0 Å². The Labute approximate surface area is 99.2 Å². The molecule has 0 aromatic heterocycles. The lowest BCUT2D eigenvalue weighted by Gasteiger charge is -2.20. The Kier molecular flexibility index (Phi) is 8.26. The fourth-order valence-electron chi connectivity index (χ4n) is 1.42. The summed E-state index contributed by atoms with van der Waals surface area (Å²) < 4.78 is 5.19. The summed E-state index contributed by atoms with van der Waals surface area (Å²) >= 11 is 0. The van der Waals surface area contributed by atoms with Gasteiger partial charge in [-0.2, -0.15) is 0 Å². The Bertz CT molecular complexity index is 192. The largest absolute Gasteiger partial charge is 0.465 e. The van der Waals surface area contributed by atoms with Gasteiger partial charge in [-0.1, -0.05) is 40.5 Å². The Balaban J connectivity index is 3.88. The lowest BCUT2D eigenvalue weighted by Crippen LogP contribution is -2.23.